The zero-order chi connectivity index (χ0) is 31.7. The molecule has 12 nitrogen and oxygen atoms in total. The van der Waals surface area contributed by atoms with Crippen molar-refractivity contribution >= 4 is 18.2 Å². The molecule has 2 amide bonds. The highest BCUT2D eigenvalue weighted by atomic mass is 16.7. The van der Waals surface area contributed by atoms with E-state index in [0.29, 0.717) is 25.9 Å². The molecule has 1 fully saturated rings. The normalized spacial score (nSPS) is 21.7. The van der Waals surface area contributed by atoms with E-state index >= 15 is 0 Å². The summed E-state index contributed by atoms with van der Waals surface area (Å²) in [5, 5.41) is 43.5. The molecule has 0 aliphatic carbocycles. The van der Waals surface area contributed by atoms with Crippen LogP contribution in [-0.4, -0.2) is 89.0 Å². The molecule has 12 heteroatoms. The van der Waals surface area contributed by atoms with Gasteiger partial charge in [0.2, 0.25) is 0 Å². The van der Waals surface area contributed by atoms with Gasteiger partial charge in [-0.1, -0.05) is 103 Å². The number of rotatable bonds is 24. The van der Waals surface area contributed by atoms with Crippen molar-refractivity contribution in [3.63, 3.8) is 0 Å². The second-order valence-corrected chi connectivity index (χ2v) is 11.5. The fourth-order valence-corrected chi connectivity index (χ4v) is 4.92. The highest BCUT2D eigenvalue weighted by Crippen LogP contribution is 2.20. The number of carbonyl (C=O) groups excluding carboxylic acids is 3. The summed E-state index contributed by atoms with van der Waals surface area (Å²) in [6.07, 6.45) is 11.5. The number of nitrogens with one attached hydrogen (secondary N) is 2. The Morgan fingerprint density at radius 3 is 1.60 bits per heavy atom. The number of alkyl carbamates (subject to hydrolysis) is 2. The van der Waals surface area contributed by atoms with Gasteiger partial charge in [-0.2, -0.15) is 0 Å². The summed E-state index contributed by atoms with van der Waals surface area (Å²) in [5.74, 6) is -0.496. The largest absolute Gasteiger partial charge is 0.447 e. The Labute approximate surface area is 257 Å². The molecule has 0 bridgehead atoms. The molecular weight excluding hydrogens is 560 g/mol. The Hall–Kier alpha value is -1.99. The van der Waals surface area contributed by atoms with Gasteiger partial charge in [0.1, 0.15) is 31.0 Å². The van der Waals surface area contributed by atoms with E-state index in [1.54, 1.807) is 0 Å². The van der Waals surface area contributed by atoms with Crippen molar-refractivity contribution in [2.24, 2.45) is 0 Å². The van der Waals surface area contributed by atoms with Crippen LogP contribution in [0.4, 0.5) is 9.59 Å². The molecular formula is C31H58N2O10. The predicted molar refractivity (Wildman–Crippen MR) is 161 cm³/mol. The Morgan fingerprint density at radius 1 is 0.605 bits per heavy atom. The molecule has 1 rings (SSSR count). The third-order valence-corrected chi connectivity index (χ3v) is 7.65. The van der Waals surface area contributed by atoms with Gasteiger partial charge in [0.15, 0.2) is 6.29 Å². The van der Waals surface area contributed by atoms with Crippen LogP contribution in [0.1, 0.15) is 129 Å². The standard InChI is InChI=1S/C31H58N2O10/c1-2-3-4-5-6-7-8-9-10-11-12-13-14-17-20-25(34)43-31(40)33-22-19-16-15-18-21-32-30(39)41-23-24-26(35)27(36)28(37)29(38)42-24/h24,26-29,35-38H,2-23H2,1H3,(H,32,39)(H,33,40)/t24-,26-,27+,28-,29+/m1/s1. The van der Waals surface area contributed by atoms with Crippen molar-refractivity contribution in [3.8, 4) is 0 Å². The minimum absolute atomic E-state index is 0.252. The van der Waals surface area contributed by atoms with E-state index in [-0.39, 0.29) is 6.42 Å². The highest BCUT2D eigenvalue weighted by Gasteiger charge is 2.43. The quantitative estimate of drug-likeness (QED) is 0.0521. The molecule has 0 spiro atoms. The topological polar surface area (TPSA) is 184 Å². The van der Waals surface area contributed by atoms with Gasteiger partial charge in [0.05, 0.1) is 0 Å². The molecule has 0 radical (unpaired) electrons. The Bertz CT molecular complexity index is 741. The first-order valence-electron chi connectivity index (χ1n) is 16.5. The summed E-state index contributed by atoms with van der Waals surface area (Å²) in [6.45, 7) is 2.57. The summed E-state index contributed by atoms with van der Waals surface area (Å²) in [4.78, 5) is 35.4. The first-order valence-corrected chi connectivity index (χ1v) is 16.5. The lowest BCUT2D eigenvalue weighted by Gasteiger charge is -2.37. The Morgan fingerprint density at radius 2 is 1.07 bits per heavy atom. The summed E-state index contributed by atoms with van der Waals surface area (Å²) in [7, 11) is 0. The van der Waals surface area contributed by atoms with E-state index in [1.165, 1.54) is 70.6 Å². The maximum absolute atomic E-state index is 11.8. The minimum Gasteiger partial charge on any atom is -0.447 e. The summed E-state index contributed by atoms with van der Waals surface area (Å²) >= 11 is 0. The fourth-order valence-electron chi connectivity index (χ4n) is 4.92. The van der Waals surface area contributed by atoms with Crippen molar-refractivity contribution < 1.29 is 49.0 Å². The highest BCUT2D eigenvalue weighted by molar-refractivity contribution is 5.84. The second kappa shape index (κ2) is 25.3. The molecule has 1 heterocycles. The monoisotopic (exact) mass is 618 g/mol. The first-order chi connectivity index (χ1) is 20.8. The molecule has 252 valence electrons. The maximum Gasteiger partial charge on any atom is 0.414 e. The number of aliphatic hydroxyl groups is 4. The van der Waals surface area contributed by atoms with Crippen molar-refractivity contribution in [3.05, 3.63) is 0 Å². The number of hydrogen-bond acceptors (Lipinski definition) is 10. The third-order valence-electron chi connectivity index (χ3n) is 7.65. The van der Waals surface area contributed by atoms with Gasteiger partial charge in [-0.15, -0.1) is 0 Å². The number of ether oxygens (including phenoxy) is 3. The van der Waals surface area contributed by atoms with Crippen LogP contribution in [0.15, 0.2) is 0 Å². The van der Waals surface area contributed by atoms with Crippen LogP contribution in [0, 0.1) is 0 Å². The Balaban J connectivity index is 1.87. The molecule has 43 heavy (non-hydrogen) atoms. The van der Waals surface area contributed by atoms with Crippen LogP contribution in [0.3, 0.4) is 0 Å². The Kier molecular flexibility index (Phi) is 23.0. The van der Waals surface area contributed by atoms with Gasteiger partial charge in [0, 0.05) is 19.5 Å². The van der Waals surface area contributed by atoms with Gasteiger partial charge in [0.25, 0.3) is 0 Å². The molecule has 0 aromatic heterocycles. The lowest BCUT2D eigenvalue weighted by molar-refractivity contribution is -0.286. The van der Waals surface area contributed by atoms with Gasteiger partial charge < -0.3 is 45.3 Å². The van der Waals surface area contributed by atoms with Crippen LogP contribution in [0.25, 0.3) is 0 Å². The van der Waals surface area contributed by atoms with Crippen LogP contribution in [0.2, 0.25) is 0 Å². The molecule has 6 N–H and O–H groups in total. The summed E-state index contributed by atoms with van der Waals surface area (Å²) in [6, 6.07) is 0. The van der Waals surface area contributed by atoms with Crippen molar-refractivity contribution in [1.29, 1.82) is 0 Å². The van der Waals surface area contributed by atoms with E-state index < -0.39 is 55.5 Å². The van der Waals surface area contributed by atoms with Gasteiger partial charge >= 0.3 is 18.2 Å². The van der Waals surface area contributed by atoms with E-state index in [2.05, 4.69) is 17.6 Å². The lowest BCUT2D eigenvalue weighted by atomic mass is 9.99. The maximum atomic E-state index is 11.8. The number of aliphatic hydroxyl groups excluding tert-OH is 4. The average Bonchev–Trinajstić information content (AvgIpc) is 2.98. The molecule has 1 aliphatic rings. The predicted octanol–water partition coefficient (Wildman–Crippen LogP) is 4.20. The van der Waals surface area contributed by atoms with E-state index in [1.807, 2.05) is 0 Å². The fraction of sp³-hybridized carbons (Fsp3) is 0.903. The van der Waals surface area contributed by atoms with Gasteiger partial charge in [-0.05, 0) is 19.3 Å². The van der Waals surface area contributed by atoms with Crippen LogP contribution < -0.4 is 10.6 Å². The molecule has 1 saturated heterocycles. The van der Waals surface area contributed by atoms with Gasteiger partial charge in [-0.25, -0.2) is 9.59 Å². The van der Waals surface area contributed by atoms with Gasteiger partial charge in [-0.3, -0.25) is 4.79 Å². The number of hydrogen-bond donors (Lipinski definition) is 6. The van der Waals surface area contributed by atoms with Crippen LogP contribution in [0.5, 0.6) is 0 Å². The van der Waals surface area contributed by atoms with Crippen LogP contribution in [-0.2, 0) is 19.0 Å². The lowest BCUT2D eigenvalue weighted by Crippen LogP contribution is -2.58. The van der Waals surface area contributed by atoms with E-state index in [0.717, 1.165) is 32.1 Å². The molecule has 0 aromatic carbocycles. The van der Waals surface area contributed by atoms with Crippen molar-refractivity contribution in [1.82, 2.24) is 10.6 Å². The zero-order valence-electron chi connectivity index (χ0n) is 26.2. The minimum atomic E-state index is -1.69. The van der Waals surface area contributed by atoms with Crippen molar-refractivity contribution in [2.45, 2.75) is 160 Å². The zero-order valence-corrected chi connectivity index (χ0v) is 26.2. The first kappa shape index (κ1) is 39.0. The van der Waals surface area contributed by atoms with Crippen LogP contribution >= 0.6 is 0 Å². The SMILES string of the molecule is CCCCCCCCCCCCCCCCC(=O)OC(=O)NCCCCCCNC(=O)OC[C@H]1O[C@H](O)[C@H](O)[C@@H](O)[C@@H]1O. The van der Waals surface area contributed by atoms with E-state index in [9.17, 15) is 34.8 Å². The molecule has 0 unspecified atom stereocenters. The van der Waals surface area contributed by atoms with Crippen molar-refractivity contribution in [2.75, 3.05) is 19.7 Å². The number of amides is 2. The average molecular weight is 619 g/mol. The number of unbranched alkanes of at least 4 members (excludes halogenated alkanes) is 16. The molecule has 0 saturated carbocycles. The summed E-state index contributed by atoms with van der Waals surface area (Å²) < 4.78 is 14.7. The number of esters is 1. The van der Waals surface area contributed by atoms with E-state index in [4.69, 9.17) is 14.2 Å². The third kappa shape index (κ3) is 19.8. The summed E-state index contributed by atoms with van der Waals surface area (Å²) in [5.41, 5.74) is 0. The molecule has 0 aromatic rings. The molecule has 5 atom stereocenters. The number of carbonyl (C=O) groups is 3. The molecule has 1 aliphatic heterocycles. The smallest absolute Gasteiger partial charge is 0.414 e. The second-order valence-electron chi connectivity index (χ2n) is 11.5.